The summed E-state index contributed by atoms with van der Waals surface area (Å²) >= 11 is 0. The lowest BCUT2D eigenvalue weighted by atomic mass is 9.74. The third-order valence-electron chi connectivity index (χ3n) is 4.26. The second-order valence-electron chi connectivity index (χ2n) is 5.24. The molecule has 0 nitrogen and oxygen atoms in total. The van der Waals surface area contributed by atoms with E-state index in [2.05, 4.69) is 6.58 Å². The molecular formula is C14H24. The highest BCUT2D eigenvalue weighted by Gasteiger charge is 2.23. The fourth-order valence-corrected chi connectivity index (χ4v) is 3.28. The van der Waals surface area contributed by atoms with E-state index >= 15 is 0 Å². The van der Waals surface area contributed by atoms with Crippen LogP contribution in [0.1, 0.15) is 64.2 Å². The van der Waals surface area contributed by atoms with Gasteiger partial charge in [0.1, 0.15) is 0 Å². The van der Waals surface area contributed by atoms with E-state index in [1.807, 2.05) is 0 Å². The van der Waals surface area contributed by atoms with Crippen LogP contribution >= 0.6 is 0 Å². The van der Waals surface area contributed by atoms with Crippen LogP contribution in [0.2, 0.25) is 0 Å². The predicted octanol–water partition coefficient (Wildman–Crippen LogP) is 4.70. The molecule has 0 atom stereocenters. The Labute approximate surface area is 88.8 Å². The van der Waals surface area contributed by atoms with Gasteiger partial charge in [0.05, 0.1) is 0 Å². The highest BCUT2D eigenvalue weighted by molar-refractivity contribution is 5.07. The maximum atomic E-state index is 4.40. The van der Waals surface area contributed by atoms with Crippen molar-refractivity contribution < 1.29 is 0 Å². The van der Waals surface area contributed by atoms with Crippen LogP contribution in [-0.2, 0) is 0 Å². The fourth-order valence-electron chi connectivity index (χ4n) is 3.28. The molecule has 0 amide bonds. The van der Waals surface area contributed by atoms with E-state index in [9.17, 15) is 0 Å². The molecule has 14 heavy (non-hydrogen) atoms. The molecule has 0 aromatic rings. The Kier molecular flexibility index (Phi) is 3.67. The maximum Gasteiger partial charge on any atom is -0.0203 e. The van der Waals surface area contributed by atoms with Crippen molar-refractivity contribution in [2.24, 2.45) is 11.8 Å². The van der Waals surface area contributed by atoms with Gasteiger partial charge in [-0.3, -0.25) is 0 Å². The van der Waals surface area contributed by atoms with Crippen molar-refractivity contribution in [2.75, 3.05) is 0 Å². The second kappa shape index (κ2) is 5.00. The SMILES string of the molecule is C=C(C1CCCCC1)C1CCCCC1. The third kappa shape index (κ3) is 2.40. The Bertz CT molecular complexity index is 160. The molecule has 0 saturated heterocycles. The van der Waals surface area contributed by atoms with Crippen LogP contribution in [0.15, 0.2) is 12.2 Å². The van der Waals surface area contributed by atoms with E-state index in [1.165, 1.54) is 64.2 Å². The Morgan fingerprint density at radius 3 is 1.36 bits per heavy atom. The Hall–Kier alpha value is -0.260. The lowest BCUT2D eigenvalue weighted by Crippen LogP contribution is -2.17. The molecular weight excluding hydrogens is 168 g/mol. The molecule has 2 aliphatic carbocycles. The largest absolute Gasteiger partial charge is 0.0993 e. The van der Waals surface area contributed by atoms with Gasteiger partial charge >= 0.3 is 0 Å². The summed E-state index contributed by atoms with van der Waals surface area (Å²) in [4.78, 5) is 0. The summed E-state index contributed by atoms with van der Waals surface area (Å²) in [7, 11) is 0. The molecule has 2 rings (SSSR count). The summed E-state index contributed by atoms with van der Waals surface area (Å²) in [6.07, 6.45) is 14.5. The van der Waals surface area contributed by atoms with Gasteiger partial charge in [0.15, 0.2) is 0 Å². The molecule has 0 N–H and O–H groups in total. The molecule has 0 aromatic carbocycles. The van der Waals surface area contributed by atoms with Gasteiger partial charge in [-0.2, -0.15) is 0 Å². The molecule has 0 heteroatoms. The van der Waals surface area contributed by atoms with E-state index in [0.29, 0.717) is 0 Å². The molecule has 2 aliphatic rings. The van der Waals surface area contributed by atoms with Gasteiger partial charge in [-0.1, -0.05) is 50.7 Å². The summed E-state index contributed by atoms with van der Waals surface area (Å²) < 4.78 is 0. The first kappa shape index (κ1) is 10.3. The van der Waals surface area contributed by atoms with Crippen molar-refractivity contribution in [2.45, 2.75) is 64.2 Å². The topological polar surface area (TPSA) is 0 Å². The number of hydrogen-bond acceptors (Lipinski definition) is 0. The van der Waals surface area contributed by atoms with Crippen LogP contribution in [0.4, 0.5) is 0 Å². The van der Waals surface area contributed by atoms with Crippen molar-refractivity contribution >= 4 is 0 Å². The normalized spacial score (nSPS) is 26.3. The van der Waals surface area contributed by atoms with Gasteiger partial charge in [0, 0.05) is 0 Å². The maximum absolute atomic E-state index is 4.40. The molecule has 0 spiro atoms. The van der Waals surface area contributed by atoms with Crippen molar-refractivity contribution in [1.29, 1.82) is 0 Å². The zero-order valence-electron chi connectivity index (χ0n) is 9.43. The van der Waals surface area contributed by atoms with Gasteiger partial charge < -0.3 is 0 Å². The fraction of sp³-hybridized carbons (Fsp3) is 0.857. The van der Waals surface area contributed by atoms with E-state index < -0.39 is 0 Å². The minimum atomic E-state index is 0.895. The molecule has 0 heterocycles. The predicted molar refractivity (Wildman–Crippen MR) is 62.3 cm³/mol. The molecule has 0 unspecified atom stereocenters. The van der Waals surface area contributed by atoms with Crippen LogP contribution in [0.25, 0.3) is 0 Å². The molecule has 80 valence electrons. The number of hydrogen-bond donors (Lipinski definition) is 0. The average Bonchev–Trinajstić information content (AvgIpc) is 2.30. The first-order chi connectivity index (χ1) is 6.88. The molecule has 0 radical (unpaired) electrons. The van der Waals surface area contributed by atoms with Gasteiger partial charge in [-0.15, -0.1) is 0 Å². The van der Waals surface area contributed by atoms with E-state index in [-0.39, 0.29) is 0 Å². The smallest absolute Gasteiger partial charge is 0.0203 e. The monoisotopic (exact) mass is 192 g/mol. The highest BCUT2D eigenvalue weighted by Crippen LogP contribution is 2.38. The summed E-state index contributed by atoms with van der Waals surface area (Å²) in [5.74, 6) is 1.79. The van der Waals surface area contributed by atoms with Gasteiger partial charge in [-0.25, -0.2) is 0 Å². The number of allylic oxidation sites excluding steroid dienone is 1. The number of rotatable bonds is 2. The molecule has 0 bridgehead atoms. The van der Waals surface area contributed by atoms with E-state index in [1.54, 1.807) is 5.57 Å². The zero-order chi connectivity index (χ0) is 9.80. The first-order valence-electron chi connectivity index (χ1n) is 6.56. The second-order valence-corrected chi connectivity index (χ2v) is 5.24. The van der Waals surface area contributed by atoms with E-state index in [0.717, 1.165) is 11.8 Å². The van der Waals surface area contributed by atoms with Crippen LogP contribution in [0.5, 0.6) is 0 Å². The average molecular weight is 192 g/mol. The molecule has 0 aliphatic heterocycles. The van der Waals surface area contributed by atoms with Gasteiger partial charge in [0.25, 0.3) is 0 Å². The Balaban J connectivity index is 1.85. The molecule has 2 fully saturated rings. The van der Waals surface area contributed by atoms with Crippen LogP contribution in [0.3, 0.4) is 0 Å². The van der Waals surface area contributed by atoms with Crippen molar-refractivity contribution in [3.8, 4) is 0 Å². The molecule has 0 aromatic heterocycles. The minimum Gasteiger partial charge on any atom is -0.0993 e. The molecule has 2 saturated carbocycles. The minimum absolute atomic E-state index is 0.895. The van der Waals surface area contributed by atoms with Crippen molar-refractivity contribution in [3.63, 3.8) is 0 Å². The highest BCUT2D eigenvalue weighted by atomic mass is 14.3. The van der Waals surface area contributed by atoms with Crippen molar-refractivity contribution in [1.82, 2.24) is 0 Å². The lowest BCUT2D eigenvalue weighted by molar-refractivity contribution is 0.327. The van der Waals surface area contributed by atoms with Crippen LogP contribution < -0.4 is 0 Å². The zero-order valence-corrected chi connectivity index (χ0v) is 9.43. The first-order valence-corrected chi connectivity index (χ1v) is 6.56. The van der Waals surface area contributed by atoms with E-state index in [4.69, 9.17) is 0 Å². The van der Waals surface area contributed by atoms with Gasteiger partial charge in [0.2, 0.25) is 0 Å². The Morgan fingerprint density at radius 1 is 0.643 bits per heavy atom. The summed E-state index contributed by atoms with van der Waals surface area (Å²) in [5, 5.41) is 0. The summed E-state index contributed by atoms with van der Waals surface area (Å²) in [6, 6.07) is 0. The van der Waals surface area contributed by atoms with Crippen LogP contribution in [-0.4, -0.2) is 0 Å². The Morgan fingerprint density at radius 2 is 1.00 bits per heavy atom. The van der Waals surface area contributed by atoms with Crippen LogP contribution in [0, 0.1) is 11.8 Å². The lowest BCUT2D eigenvalue weighted by Gasteiger charge is -2.31. The van der Waals surface area contributed by atoms with Gasteiger partial charge in [-0.05, 0) is 37.5 Å². The summed E-state index contributed by atoms with van der Waals surface area (Å²) in [6.45, 7) is 4.40. The van der Waals surface area contributed by atoms with Crippen molar-refractivity contribution in [3.05, 3.63) is 12.2 Å². The summed E-state index contributed by atoms with van der Waals surface area (Å²) in [5.41, 5.74) is 1.63. The third-order valence-corrected chi connectivity index (χ3v) is 4.26. The quantitative estimate of drug-likeness (QED) is 0.556. The standard InChI is InChI=1S/C14H24/c1-12(13-8-4-2-5-9-13)14-10-6-3-7-11-14/h13-14H,1-11H2.